The smallest absolute Gasteiger partial charge is 0.341 e. The van der Waals surface area contributed by atoms with Gasteiger partial charge in [-0.05, 0) is 44.2 Å². The Bertz CT molecular complexity index is 1090. The van der Waals surface area contributed by atoms with Crippen molar-refractivity contribution in [2.45, 2.75) is 20.0 Å². The van der Waals surface area contributed by atoms with E-state index >= 15 is 0 Å². The first kappa shape index (κ1) is 19.8. The van der Waals surface area contributed by atoms with Crippen molar-refractivity contribution >= 4 is 5.97 Å². The number of rotatable bonds is 7. The average molecular weight is 397 g/mol. The van der Waals surface area contributed by atoms with Crippen LogP contribution in [0, 0.1) is 17.1 Å². The number of hydrogen-bond acceptors (Lipinski definition) is 7. The van der Waals surface area contributed by atoms with Gasteiger partial charge in [-0.1, -0.05) is 5.16 Å². The first-order chi connectivity index (χ1) is 13.9. The summed E-state index contributed by atoms with van der Waals surface area (Å²) in [6.45, 7) is 3.13. The van der Waals surface area contributed by atoms with Crippen LogP contribution < -0.4 is 9.47 Å². The number of carbonyl (C=O) groups is 1. The van der Waals surface area contributed by atoms with Crippen molar-refractivity contribution in [3.05, 3.63) is 47.8 Å². The van der Waals surface area contributed by atoms with E-state index in [0.29, 0.717) is 16.9 Å². The molecule has 1 heterocycles. The van der Waals surface area contributed by atoms with Crippen LogP contribution in [0.1, 0.15) is 19.4 Å². The van der Waals surface area contributed by atoms with E-state index in [4.69, 9.17) is 19.1 Å². The zero-order valence-corrected chi connectivity index (χ0v) is 15.5. The first-order valence-electron chi connectivity index (χ1n) is 8.56. The molecule has 0 spiro atoms. The minimum Gasteiger partial charge on any atom is -0.490 e. The standard InChI is InChI=1S/C20H16FN3O5/c1-11(2)28-17-6-3-12(7-13(17)9-22)20-23-19(24-29-20)15-5-4-14(8-16(15)21)27-10-18(25)26/h3-8,11H,10H2,1-2H3,(H,25,26). The van der Waals surface area contributed by atoms with Gasteiger partial charge in [0.25, 0.3) is 5.89 Å². The second kappa shape index (κ2) is 8.39. The predicted molar refractivity (Wildman–Crippen MR) is 98.7 cm³/mol. The molecular weight excluding hydrogens is 381 g/mol. The number of ether oxygens (including phenoxy) is 2. The third-order valence-electron chi connectivity index (χ3n) is 3.68. The van der Waals surface area contributed by atoms with Crippen LogP contribution in [0.25, 0.3) is 22.8 Å². The number of nitrogens with zero attached hydrogens (tertiary/aromatic N) is 3. The van der Waals surface area contributed by atoms with Gasteiger partial charge in [0.1, 0.15) is 23.4 Å². The van der Waals surface area contributed by atoms with Gasteiger partial charge in [0.2, 0.25) is 5.82 Å². The van der Waals surface area contributed by atoms with Crippen LogP contribution >= 0.6 is 0 Å². The van der Waals surface area contributed by atoms with Crippen molar-refractivity contribution in [2.24, 2.45) is 0 Å². The second-order valence-electron chi connectivity index (χ2n) is 6.24. The van der Waals surface area contributed by atoms with Crippen molar-refractivity contribution in [1.82, 2.24) is 10.1 Å². The van der Waals surface area contributed by atoms with Gasteiger partial charge in [-0.15, -0.1) is 0 Å². The Balaban J connectivity index is 1.86. The molecule has 0 aliphatic carbocycles. The van der Waals surface area contributed by atoms with Gasteiger partial charge in [-0.25, -0.2) is 9.18 Å². The Kier molecular flexibility index (Phi) is 5.74. The highest BCUT2D eigenvalue weighted by Gasteiger charge is 2.17. The summed E-state index contributed by atoms with van der Waals surface area (Å²) >= 11 is 0. The molecule has 0 bridgehead atoms. The highest BCUT2D eigenvalue weighted by molar-refractivity contribution is 5.68. The minimum absolute atomic E-state index is 0.00305. The highest BCUT2D eigenvalue weighted by Crippen LogP contribution is 2.29. The molecule has 2 aromatic carbocycles. The summed E-state index contributed by atoms with van der Waals surface area (Å²) in [4.78, 5) is 14.7. The van der Waals surface area contributed by atoms with Crippen LogP contribution in [-0.4, -0.2) is 33.9 Å². The fourth-order valence-corrected chi connectivity index (χ4v) is 2.47. The fourth-order valence-electron chi connectivity index (χ4n) is 2.47. The summed E-state index contributed by atoms with van der Waals surface area (Å²) < 4.78 is 30.1. The van der Waals surface area contributed by atoms with Gasteiger partial charge < -0.3 is 19.1 Å². The van der Waals surface area contributed by atoms with E-state index in [1.54, 1.807) is 18.2 Å². The van der Waals surface area contributed by atoms with Crippen LogP contribution in [0.2, 0.25) is 0 Å². The number of nitriles is 1. The number of carboxylic acid groups (broad SMARTS) is 1. The topological polar surface area (TPSA) is 118 Å². The predicted octanol–water partition coefficient (Wildman–Crippen LogP) is 3.66. The second-order valence-corrected chi connectivity index (χ2v) is 6.24. The molecule has 9 heteroatoms. The first-order valence-corrected chi connectivity index (χ1v) is 8.56. The number of hydrogen-bond donors (Lipinski definition) is 1. The largest absolute Gasteiger partial charge is 0.490 e. The van der Waals surface area contributed by atoms with Crippen LogP contribution in [0.3, 0.4) is 0 Å². The molecule has 0 radical (unpaired) electrons. The summed E-state index contributed by atoms with van der Waals surface area (Å²) in [6, 6.07) is 10.7. The number of halogens is 1. The molecule has 0 amide bonds. The molecule has 0 saturated heterocycles. The Morgan fingerprint density at radius 2 is 2.10 bits per heavy atom. The van der Waals surface area contributed by atoms with Crippen molar-refractivity contribution in [3.8, 4) is 40.4 Å². The van der Waals surface area contributed by atoms with Crippen molar-refractivity contribution in [3.63, 3.8) is 0 Å². The maximum absolute atomic E-state index is 14.4. The summed E-state index contributed by atoms with van der Waals surface area (Å²) in [5.41, 5.74) is 0.850. The summed E-state index contributed by atoms with van der Waals surface area (Å²) in [5.74, 6) is -1.25. The third kappa shape index (κ3) is 4.68. The van der Waals surface area contributed by atoms with E-state index < -0.39 is 18.4 Å². The monoisotopic (exact) mass is 397 g/mol. The zero-order chi connectivity index (χ0) is 21.0. The highest BCUT2D eigenvalue weighted by atomic mass is 19.1. The minimum atomic E-state index is -1.17. The zero-order valence-electron chi connectivity index (χ0n) is 15.5. The Morgan fingerprint density at radius 1 is 1.31 bits per heavy atom. The Hall–Kier alpha value is -3.93. The van der Waals surface area contributed by atoms with E-state index in [-0.39, 0.29) is 29.1 Å². The molecule has 3 rings (SSSR count). The molecule has 0 atom stereocenters. The lowest BCUT2D eigenvalue weighted by Gasteiger charge is -2.11. The van der Waals surface area contributed by atoms with Crippen molar-refractivity contribution < 1.29 is 28.3 Å². The van der Waals surface area contributed by atoms with E-state index in [9.17, 15) is 14.4 Å². The molecule has 1 N–H and O–H groups in total. The summed E-state index contributed by atoms with van der Waals surface area (Å²) in [7, 11) is 0. The third-order valence-corrected chi connectivity index (χ3v) is 3.68. The maximum Gasteiger partial charge on any atom is 0.341 e. The fraction of sp³-hybridized carbons (Fsp3) is 0.200. The molecule has 0 saturated carbocycles. The van der Waals surface area contributed by atoms with Crippen LogP contribution in [0.4, 0.5) is 4.39 Å². The summed E-state index contributed by atoms with van der Waals surface area (Å²) in [6.07, 6.45) is -0.0895. The Labute approximate surface area is 165 Å². The molecule has 3 aromatic rings. The van der Waals surface area contributed by atoms with Gasteiger partial charge in [0.15, 0.2) is 6.61 Å². The van der Waals surface area contributed by atoms with E-state index in [0.717, 1.165) is 6.07 Å². The van der Waals surface area contributed by atoms with E-state index in [2.05, 4.69) is 16.2 Å². The van der Waals surface area contributed by atoms with Crippen LogP contribution in [0.15, 0.2) is 40.9 Å². The van der Waals surface area contributed by atoms with Crippen LogP contribution in [-0.2, 0) is 4.79 Å². The van der Waals surface area contributed by atoms with Gasteiger partial charge in [-0.3, -0.25) is 0 Å². The quantitative estimate of drug-likeness (QED) is 0.641. The lowest BCUT2D eigenvalue weighted by atomic mass is 10.1. The van der Waals surface area contributed by atoms with Crippen molar-refractivity contribution in [1.29, 1.82) is 5.26 Å². The Morgan fingerprint density at radius 3 is 2.76 bits per heavy atom. The number of carboxylic acids is 1. The summed E-state index contributed by atoms with van der Waals surface area (Å²) in [5, 5.41) is 21.7. The molecule has 0 unspecified atom stereocenters. The van der Waals surface area contributed by atoms with E-state index in [1.807, 2.05) is 13.8 Å². The SMILES string of the molecule is CC(C)Oc1ccc(-c2nc(-c3ccc(OCC(=O)O)cc3F)no2)cc1C#N. The van der Waals surface area contributed by atoms with Gasteiger partial charge >= 0.3 is 5.97 Å². The van der Waals surface area contributed by atoms with E-state index in [1.165, 1.54) is 12.1 Å². The number of benzene rings is 2. The van der Waals surface area contributed by atoms with Gasteiger partial charge in [-0.2, -0.15) is 10.2 Å². The molecule has 8 nitrogen and oxygen atoms in total. The average Bonchev–Trinajstić information content (AvgIpc) is 3.16. The molecule has 0 aliphatic heterocycles. The lowest BCUT2D eigenvalue weighted by Crippen LogP contribution is -2.09. The molecule has 148 valence electrons. The molecule has 1 aromatic heterocycles. The molecule has 0 aliphatic rings. The normalized spacial score (nSPS) is 10.6. The van der Waals surface area contributed by atoms with Gasteiger partial charge in [0.05, 0.1) is 17.2 Å². The lowest BCUT2D eigenvalue weighted by molar-refractivity contribution is -0.139. The number of aromatic nitrogens is 2. The van der Waals surface area contributed by atoms with Gasteiger partial charge in [0, 0.05) is 11.6 Å². The molecule has 0 fully saturated rings. The van der Waals surface area contributed by atoms with Crippen molar-refractivity contribution in [2.75, 3.05) is 6.61 Å². The number of aliphatic carboxylic acids is 1. The molecule has 29 heavy (non-hydrogen) atoms. The maximum atomic E-state index is 14.4. The molecular formula is C20H16FN3O5. The van der Waals surface area contributed by atoms with Crippen LogP contribution in [0.5, 0.6) is 11.5 Å².